The number of anilines is 1. The normalized spacial score (nSPS) is 22.5. The van der Waals surface area contributed by atoms with Crippen molar-refractivity contribution in [2.45, 2.75) is 38.3 Å². The molecule has 1 atom stereocenters. The van der Waals surface area contributed by atoms with Gasteiger partial charge in [-0.25, -0.2) is 9.78 Å². The van der Waals surface area contributed by atoms with Gasteiger partial charge in [-0.05, 0) is 26.7 Å². The van der Waals surface area contributed by atoms with Crippen LogP contribution < -0.4 is 5.32 Å². The Morgan fingerprint density at radius 2 is 2.44 bits per heavy atom. The van der Waals surface area contributed by atoms with Gasteiger partial charge in [-0.3, -0.25) is 0 Å². The van der Waals surface area contributed by atoms with Crippen molar-refractivity contribution in [2.75, 3.05) is 19.0 Å². The molecule has 1 aromatic rings. The van der Waals surface area contributed by atoms with Crippen LogP contribution in [-0.2, 0) is 9.47 Å². The van der Waals surface area contributed by atoms with Crippen LogP contribution in [0.3, 0.4) is 0 Å². The second-order valence-electron chi connectivity index (χ2n) is 4.96. The summed E-state index contributed by atoms with van der Waals surface area (Å²) in [4.78, 5) is 16.0. The van der Waals surface area contributed by atoms with Crippen molar-refractivity contribution < 1.29 is 14.3 Å². The largest absolute Gasteiger partial charge is 0.465 e. The van der Waals surface area contributed by atoms with Crippen LogP contribution in [0.15, 0.2) is 6.20 Å². The molecule has 0 bridgehead atoms. The summed E-state index contributed by atoms with van der Waals surface area (Å²) in [5.41, 5.74) is -0.0989. The highest BCUT2D eigenvalue weighted by Gasteiger charge is 2.29. The standard InChI is InChI=1S/C12H18N2O3S/c1-12(2)6-8(4-5-17-12)14-11-13-7-9(18-11)10(15)16-3/h7-8H,4-6H2,1-3H3,(H,13,14). The summed E-state index contributed by atoms with van der Waals surface area (Å²) >= 11 is 1.32. The zero-order chi connectivity index (χ0) is 13.2. The third-order valence-electron chi connectivity index (χ3n) is 2.92. The second-order valence-corrected chi connectivity index (χ2v) is 5.99. The van der Waals surface area contributed by atoms with Gasteiger partial charge in [-0.2, -0.15) is 0 Å². The summed E-state index contributed by atoms with van der Waals surface area (Å²) in [5, 5.41) is 4.12. The third-order valence-corrected chi connectivity index (χ3v) is 3.83. The number of ether oxygens (including phenoxy) is 2. The first kappa shape index (κ1) is 13.3. The first-order valence-electron chi connectivity index (χ1n) is 5.95. The van der Waals surface area contributed by atoms with E-state index in [4.69, 9.17) is 4.74 Å². The quantitative estimate of drug-likeness (QED) is 0.854. The summed E-state index contributed by atoms with van der Waals surface area (Å²) in [5.74, 6) is -0.340. The molecule has 1 aromatic heterocycles. The van der Waals surface area contributed by atoms with Crippen molar-refractivity contribution in [1.29, 1.82) is 0 Å². The summed E-state index contributed by atoms with van der Waals surface area (Å²) in [6, 6.07) is 0.338. The summed E-state index contributed by atoms with van der Waals surface area (Å²) in [6.45, 7) is 4.92. The van der Waals surface area contributed by atoms with Crippen molar-refractivity contribution in [3.05, 3.63) is 11.1 Å². The van der Waals surface area contributed by atoms with Crippen LogP contribution in [0.2, 0.25) is 0 Å². The fourth-order valence-electron chi connectivity index (χ4n) is 2.07. The Morgan fingerprint density at radius 3 is 3.11 bits per heavy atom. The van der Waals surface area contributed by atoms with E-state index in [0.29, 0.717) is 10.9 Å². The fourth-order valence-corrected chi connectivity index (χ4v) is 2.88. The van der Waals surface area contributed by atoms with Crippen LogP contribution >= 0.6 is 11.3 Å². The van der Waals surface area contributed by atoms with Gasteiger partial charge in [0.1, 0.15) is 4.88 Å². The molecule has 1 N–H and O–H groups in total. The number of carbonyl (C=O) groups excluding carboxylic acids is 1. The Labute approximate surface area is 111 Å². The Bertz CT molecular complexity index is 431. The maximum atomic E-state index is 11.3. The molecule has 18 heavy (non-hydrogen) atoms. The fraction of sp³-hybridized carbons (Fsp3) is 0.667. The second kappa shape index (κ2) is 5.24. The molecule has 1 aliphatic rings. The van der Waals surface area contributed by atoms with Gasteiger partial charge >= 0.3 is 5.97 Å². The molecule has 0 aliphatic carbocycles. The van der Waals surface area contributed by atoms with Gasteiger partial charge in [-0.15, -0.1) is 0 Å². The van der Waals surface area contributed by atoms with E-state index in [0.717, 1.165) is 24.6 Å². The zero-order valence-electron chi connectivity index (χ0n) is 10.9. The smallest absolute Gasteiger partial charge is 0.349 e. The molecule has 2 heterocycles. The van der Waals surface area contributed by atoms with E-state index in [1.54, 1.807) is 6.20 Å². The lowest BCUT2D eigenvalue weighted by atomic mass is 9.94. The molecule has 0 radical (unpaired) electrons. The maximum Gasteiger partial charge on any atom is 0.349 e. The average Bonchev–Trinajstić information content (AvgIpc) is 2.75. The number of hydrogen-bond donors (Lipinski definition) is 1. The van der Waals surface area contributed by atoms with Crippen LogP contribution in [0, 0.1) is 0 Å². The lowest BCUT2D eigenvalue weighted by Crippen LogP contribution is -2.40. The van der Waals surface area contributed by atoms with Crippen molar-refractivity contribution in [3.63, 3.8) is 0 Å². The molecular weight excluding hydrogens is 252 g/mol. The highest BCUT2D eigenvalue weighted by atomic mass is 32.1. The molecule has 1 saturated heterocycles. The number of nitrogens with zero attached hydrogens (tertiary/aromatic N) is 1. The summed E-state index contributed by atoms with van der Waals surface area (Å²) < 4.78 is 10.3. The number of esters is 1. The lowest BCUT2D eigenvalue weighted by molar-refractivity contribution is -0.0553. The highest BCUT2D eigenvalue weighted by molar-refractivity contribution is 7.17. The molecule has 1 aliphatic heterocycles. The maximum absolute atomic E-state index is 11.3. The van der Waals surface area contributed by atoms with Crippen molar-refractivity contribution >= 4 is 22.4 Å². The van der Waals surface area contributed by atoms with E-state index < -0.39 is 0 Å². The van der Waals surface area contributed by atoms with E-state index in [9.17, 15) is 4.79 Å². The summed E-state index contributed by atoms with van der Waals surface area (Å²) in [6.07, 6.45) is 3.43. The van der Waals surface area contributed by atoms with E-state index in [-0.39, 0.29) is 11.6 Å². The van der Waals surface area contributed by atoms with E-state index >= 15 is 0 Å². The molecule has 1 fully saturated rings. The number of carbonyl (C=O) groups is 1. The van der Waals surface area contributed by atoms with E-state index in [1.165, 1.54) is 18.4 Å². The number of rotatable bonds is 3. The molecule has 5 nitrogen and oxygen atoms in total. The molecule has 0 amide bonds. The van der Waals surface area contributed by atoms with Gasteiger partial charge in [0, 0.05) is 12.6 Å². The van der Waals surface area contributed by atoms with E-state index in [1.807, 2.05) is 0 Å². The Morgan fingerprint density at radius 1 is 1.67 bits per heavy atom. The lowest BCUT2D eigenvalue weighted by Gasteiger charge is -2.35. The molecule has 2 rings (SSSR count). The Balaban J connectivity index is 1.97. The minimum Gasteiger partial charge on any atom is -0.465 e. The van der Waals surface area contributed by atoms with Gasteiger partial charge in [0.15, 0.2) is 5.13 Å². The molecule has 0 aromatic carbocycles. The minimum absolute atomic E-state index is 0.0989. The van der Waals surface area contributed by atoms with E-state index in [2.05, 4.69) is 28.9 Å². The average molecular weight is 270 g/mol. The molecule has 100 valence electrons. The molecule has 6 heteroatoms. The van der Waals surface area contributed by atoms with Crippen molar-refractivity contribution in [3.8, 4) is 0 Å². The molecule has 1 unspecified atom stereocenters. The zero-order valence-corrected chi connectivity index (χ0v) is 11.7. The van der Waals surface area contributed by atoms with Gasteiger partial charge in [0.25, 0.3) is 0 Å². The van der Waals surface area contributed by atoms with Gasteiger partial charge in [0.05, 0.1) is 18.9 Å². The molecule has 0 spiro atoms. The van der Waals surface area contributed by atoms with Crippen molar-refractivity contribution in [2.24, 2.45) is 0 Å². The molecule has 0 saturated carbocycles. The van der Waals surface area contributed by atoms with Crippen LogP contribution in [-0.4, -0.2) is 36.3 Å². The predicted octanol–water partition coefficient (Wildman–Crippen LogP) is 2.30. The number of thiazole rings is 1. The summed E-state index contributed by atoms with van der Waals surface area (Å²) in [7, 11) is 1.37. The van der Waals surface area contributed by atoms with Crippen molar-refractivity contribution in [1.82, 2.24) is 4.98 Å². The SMILES string of the molecule is COC(=O)c1cnc(NC2CCOC(C)(C)C2)s1. The Kier molecular flexibility index (Phi) is 3.87. The van der Waals surface area contributed by atoms with Gasteiger partial charge in [-0.1, -0.05) is 11.3 Å². The first-order valence-corrected chi connectivity index (χ1v) is 6.76. The number of methoxy groups -OCH3 is 1. The molecular formula is C12H18N2O3S. The number of nitrogens with one attached hydrogen (secondary N) is 1. The Hall–Kier alpha value is -1.14. The highest BCUT2D eigenvalue weighted by Crippen LogP contribution is 2.28. The number of aromatic nitrogens is 1. The third kappa shape index (κ3) is 3.20. The van der Waals surface area contributed by atoms with Gasteiger partial charge in [0.2, 0.25) is 0 Å². The van der Waals surface area contributed by atoms with Crippen LogP contribution in [0.5, 0.6) is 0 Å². The van der Waals surface area contributed by atoms with Gasteiger partial charge < -0.3 is 14.8 Å². The monoisotopic (exact) mass is 270 g/mol. The topological polar surface area (TPSA) is 60.5 Å². The van der Waals surface area contributed by atoms with Crippen LogP contribution in [0.25, 0.3) is 0 Å². The van der Waals surface area contributed by atoms with Crippen LogP contribution in [0.4, 0.5) is 5.13 Å². The van der Waals surface area contributed by atoms with Crippen LogP contribution in [0.1, 0.15) is 36.4 Å². The predicted molar refractivity (Wildman–Crippen MR) is 70.1 cm³/mol. The minimum atomic E-state index is -0.340. The number of hydrogen-bond acceptors (Lipinski definition) is 6. The first-order chi connectivity index (χ1) is 8.50.